The second-order valence-electron chi connectivity index (χ2n) is 2.89. The van der Waals surface area contributed by atoms with Gasteiger partial charge in [0.1, 0.15) is 0 Å². The molecule has 0 radical (unpaired) electrons. The molecular weight excluding hydrogens is 164 g/mol. The Labute approximate surface area is 76.4 Å². The van der Waals surface area contributed by atoms with Crippen LogP contribution in [0, 0.1) is 0 Å². The monoisotopic (exact) mass is 174 g/mol. The zero-order chi connectivity index (χ0) is 9.10. The van der Waals surface area contributed by atoms with Crippen LogP contribution in [0.3, 0.4) is 0 Å². The van der Waals surface area contributed by atoms with Crippen molar-refractivity contribution in [3.8, 4) is 0 Å². The summed E-state index contributed by atoms with van der Waals surface area (Å²) in [6.07, 6.45) is 3.51. The van der Waals surface area contributed by atoms with E-state index in [2.05, 4.69) is 16.3 Å². The van der Waals surface area contributed by atoms with Crippen LogP contribution < -0.4 is 0 Å². The molecule has 0 amide bonds. The molecule has 66 valence electrons. The van der Waals surface area contributed by atoms with Crippen molar-refractivity contribution in [3.63, 3.8) is 0 Å². The average molecular weight is 174 g/mol. The Hall–Kier alpha value is -1.48. The molecule has 0 aliphatic rings. The minimum Gasteiger partial charge on any atom is -0.380 e. The third-order valence-corrected chi connectivity index (χ3v) is 1.92. The van der Waals surface area contributed by atoms with E-state index in [4.69, 9.17) is 4.74 Å². The maximum atomic E-state index is 5.04. The van der Waals surface area contributed by atoms with Gasteiger partial charge in [-0.05, 0) is 11.6 Å². The van der Waals surface area contributed by atoms with E-state index in [0.717, 1.165) is 16.3 Å². The SMILES string of the molecule is COCc1ccc2cnncc2c1. The largest absolute Gasteiger partial charge is 0.380 e. The van der Waals surface area contributed by atoms with E-state index in [1.807, 2.05) is 12.1 Å². The van der Waals surface area contributed by atoms with Gasteiger partial charge in [-0.2, -0.15) is 10.2 Å². The molecule has 2 rings (SSSR count). The van der Waals surface area contributed by atoms with Crippen LogP contribution in [0.2, 0.25) is 0 Å². The molecule has 0 atom stereocenters. The summed E-state index contributed by atoms with van der Waals surface area (Å²) in [4.78, 5) is 0. The van der Waals surface area contributed by atoms with Gasteiger partial charge in [0.05, 0.1) is 19.0 Å². The van der Waals surface area contributed by atoms with Gasteiger partial charge in [0, 0.05) is 17.9 Å². The second kappa shape index (κ2) is 3.49. The maximum absolute atomic E-state index is 5.04. The number of nitrogens with zero attached hydrogens (tertiary/aromatic N) is 2. The predicted octanol–water partition coefficient (Wildman–Crippen LogP) is 1.78. The van der Waals surface area contributed by atoms with Crippen LogP contribution in [0.15, 0.2) is 30.6 Å². The average Bonchev–Trinajstić information content (AvgIpc) is 2.18. The zero-order valence-corrected chi connectivity index (χ0v) is 7.40. The van der Waals surface area contributed by atoms with Crippen LogP contribution >= 0.6 is 0 Å². The zero-order valence-electron chi connectivity index (χ0n) is 7.40. The Balaban J connectivity index is 2.49. The molecule has 0 saturated heterocycles. The first-order valence-corrected chi connectivity index (χ1v) is 4.08. The van der Waals surface area contributed by atoms with E-state index < -0.39 is 0 Å². The van der Waals surface area contributed by atoms with Gasteiger partial charge in [0.2, 0.25) is 0 Å². The molecule has 0 aliphatic heterocycles. The van der Waals surface area contributed by atoms with E-state index in [-0.39, 0.29) is 0 Å². The number of rotatable bonds is 2. The van der Waals surface area contributed by atoms with Gasteiger partial charge >= 0.3 is 0 Å². The van der Waals surface area contributed by atoms with Gasteiger partial charge in [-0.1, -0.05) is 12.1 Å². The lowest BCUT2D eigenvalue weighted by Crippen LogP contribution is -1.88. The lowest BCUT2D eigenvalue weighted by atomic mass is 10.1. The topological polar surface area (TPSA) is 35.0 Å². The highest BCUT2D eigenvalue weighted by molar-refractivity contribution is 5.81. The summed E-state index contributed by atoms with van der Waals surface area (Å²) >= 11 is 0. The summed E-state index contributed by atoms with van der Waals surface area (Å²) in [7, 11) is 1.69. The van der Waals surface area contributed by atoms with Crippen molar-refractivity contribution in [1.82, 2.24) is 10.2 Å². The predicted molar refractivity (Wildman–Crippen MR) is 50.3 cm³/mol. The number of ether oxygens (including phenoxy) is 1. The molecule has 0 N–H and O–H groups in total. The molecule has 3 nitrogen and oxygen atoms in total. The molecule has 1 heterocycles. The molecule has 0 aliphatic carbocycles. The Morgan fingerprint density at radius 2 is 1.92 bits per heavy atom. The molecule has 0 fully saturated rings. The van der Waals surface area contributed by atoms with Crippen LogP contribution in [0.5, 0.6) is 0 Å². The highest BCUT2D eigenvalue weighted by Crippen LogP contribution is 2.13. The van der Waals surface area contributed by atoms with Crippen molar-refractivity contribution in [3.05, 3.63) is 36.2 Å². The van der Waals surface area contributed by atoms with E-state index in [0.29, 0.717) is 6.61 Å². The standard InChI is InChI=1S/C10H10N2O/c1-13-7-8-2-3-9-5-11-12-6-10(9)4-8/h2-6H,7H2,1H3. The van der Waals surface area contributed by atoms with Crippen LogP contribution in [0.1, 0.15) is 5.56 Å². The first-order chi connectivity index (χ1) is 6.40. The van der Waals surface area contributed by atoms with Crippen molar-refractivity contribution < 1.29 is 4.74 Å². The molecule has 1 aromatic heterocycles. The van der Waals surface area contributed by atoms with Crippen LogP contribution in [-0.4, -0.2) is 17.3 Å². The third-order valence-electron chi connectivity index (χ3n) is 1.92. The molecule has 0 bridgehead atoms. The number of hydrogen-bond acceptors (Lipinski definition) is 3. The highest BCUT2D eigenvalue weighted by Gasteiger charge is 1.95. The number of fused-ring (bicyclic) bond motifs is 1. The Morgan fingerprint density at radius 3 is 2.69 bits per heavy atom. The molecule has 2 aromatic rings. The summed E-state index contributed by atoms with van der Waals surface area (Å²) in [5.74, 6) is 0. The minimum absolute atomic E-state index is 0.637. The van der Waals surface area contributed by atoms with Crippen molar-refractivity contribution in [2.45, 2.75) is 6.61 Å². The van der Waals surface area contributed by atoms with Crippen molar-refractivity contribution >= 4 is 10.8 Å². The van der Waals surface area contributed by atoms with Crippen molar-refractivity contribution in [1.29, 1.82) is 0 Å². The van der Waals surface area contributed by atoms with E-state index in [1.165, 1.54) is 0 Å². The highest BCUT2D eigenvalue weighted by atomic mass is 16.5. The smallest absolute Gasteiger partial charge is 0.0713 e. The number of hydrogen-bond donors (Lipinski definition) is 0. The first-order valence-electron chi connectivity index (χ1n) is 4.08. The fourth-order valence-electron chi connectivity index (χ4n) is 1.30. The third kappa shape index (κ3) is 1.65. The molecule has 13 heavy (non-hydrogen) atoms. The van der Waals surface area contributed by atoms with E-state index >= 15 is 0 Å². The fourth-order valence-corrected chi connectivity index (χ4v) is 1.30. The van der Waals surface area contributed by atoms with Gasteiger partial charge in [0.25, 0.3) is 0 Å². The quantitative estimate of drug-likeness (QED) is 0.696. The Morgan fingerprint density at radius 1 is 1.15 bits per heavy atom. The molecule has 0 unspecified atom stereocenters. The van der Waals surface area contributed by atoms with E-state index in [9.17, 15) is 0 Å². The van der Waals surface area contributed by atoms with Gasteiger partial charge in [-0.25, -0.2) is 0 Å². The second-order valence-corrected chi connectivity index (χ2v) is 2.89. The van der Waals surface area contributed by atoms with Gasteiger partial charge < -0.3 is 4.74 Å². The minimum atomic E-state index is 0.637. The molecule has 0 saturated carbocycles. The molecule has 0 spiro atoms. The first kappa shape index (κ1) is 8.13. The summed E-state index contributed by atoms with van der Waals surface area (Å²) in [5.41, 5.74) is 1.16. The Bertz CT molecular complexity index is 414. The summed E-state index contributed by atoms with van der Waals surface area (Å²) < 4.78 is 5.04. The molecule has 3 heteroatoms. The van der Waals surface area contributed by atoms with Crippen LogP contribution in [0.4, 0.5) is 0 Å². The Kier molecular flexibility index (Phi) is 2.19. The van der Waals surface area contributed by atoms with Crippen molar-refractivity contribution in [2.75, 3.05) is 7.11 Å². The number of benzene rings is 1. The summed E-state index contributed by atoms with van der Waals surface area (Å²) in [6, 6.07) is 6.12. The fraction of sp³-hybridized carbons (Fsp3) is 0.200. The maximum Gasteiger partial charge on any atom is 0.0713 e. The van der Waals surface area contributed by atoms with Crippen LogP contribution in [-0.2, 0) is 11.3 Å². The lowest BCUT2D eigenvalue weighted by Gasteiger charge is -2.00. The molecular formula is C10H10N2O. The van der Waals surface area contributed by atoms with Gasteiger partial charge in [0.15, 0.2) is 0 Å². The normalized spacial score (nSPS) is 10.5. The van der Waals surface area contributed by atoms with Crippen molar-refractivity contribution in [2.24, 2.45) is 0 Å². The van der Waals surface area contributed by atoms with E-state index in [1.54, 1.807) is 19.5 Å². The summed E-state index contributed by atoms with van der Waals surface area (Å²) in [5, 5.41) is 9.84. The molecule has 1 aromatic carbocycles. The van der Waals surface area contributed by atoms with Crippen LogP contribution in [0.25, 0.3) is 10.8 Å². The summed E-state index contributed by atoms with van der Waals surface area (Å²) in [6.45, 7) is 0.637. The number of methoxy groups -OCH3 is 1. The number of aromatic nitrogens is 2. The lowest BCUT2D eigenvalue weighted by molar-refractivity contribution is 0.185. The van der Waals surface area contributed by atoms with Gasteiger partial charge in [-0.15, -0.1) is 0 Å². The van der Waals surface area contributed by atoms with Gasteiger partial charge in [-0.3, -0.25) is 0 Å².